The summed E-state index contributed by atoms with van der Waals surface area (Å²) in [6, 6.07) is 21.6. The highest BCUT2D eigenvalue weighted by molar-refractivity contribution is 6.05. The van der Waals surface area contributed by atoms with E-state index in [9.17, 15) is 9.59 Å². The van der Waals surface area contributed by atoms with Crippen LogP contribution in [-0.2, 0) is 0 Å². The molecule has 34 heavy (non-hydrogen) atoms. The van der Waals surface area contributed by atoms with E-state index in [-0.39, 0.29) is 11.9 Å². The molecule has 2 N–H and O–H groups in total. The lowest BCUT2D eigenvalue weighted by atomic mass is 10.1. The Kier molecular flexibility index (Phi) is 6.31. The van der Waals surface area contributed by atoms with Gasteiger partial charge in [-0.3, -0.25) is 20.2 Å². The molecule has 164 valence electrons. The second-order valence-electron chi connectivity index (χ2n) is 6.87. The molecule has 0 bridgehead atoms. The van der Waals surface area contributed by atoms with Gasteiger partial charge in [0.1, 0.15) is 0 Å². The van der Waals surface area contributed by atoms with E-state index < -0.39 is 11.8 Å². The zero-order valence-corrected chi connectivity index (χ0v) is 17.6. The third-order valence-corrected chi connectivity index (χ3v) is 4.66. The Bertz CT molecular complexity index is 1430. The SMILES string of the molecule is C#Cc1ccc(C(=O)Nc2nc(NC(=O)c3ccc(N=[N+]=[N-])cc3)n(-c3ccccc3)n2)cc1. The lowest BCUT2D eigenvalue weighted by Crippen LogP contribution is -2.15. The molecule has 10 heteroatoms. The smallest absolute Gasteiger partial charge is 0.258 e. The molecule has 4 aromatic rings. The topological polar surface area (TPSA) is 138 Å². The van der Waals surface area contributed by atoms with Crippen molar-refractivity contribution in [2.45, 2.75) is 0 Å². The summed E-state index contributed by atoms with van der Waals surface area (Å²) >= 11 is 0. The number of amides is 2. The molecule has 1 heterocycles. The number of para-hydroxylation sites is 1. The van der Waals surface area contributed by atoms with E-state index in [1.807, 2.05) is 18.2 Å². The number of azide groups is 1. The van der Waals surface area contributed by atoms with Crippen LogP contribution in [0.4, 0.5) is 17.6 Å². The maximum absolute atomic E-state index is 12.8. The van der Waals surface area contributed by atoms with Crippen molar-refractivity contribution in [3.63, 3.8) is 0 Å². The predicted molar refractivity (Wildman–Crippen MR) is 127 cm³/mol. The summed E-state index contributed by atoms with van der Waals surface area (Å²) in [7, 11) is 0. The van der Waals surface area contributed by atoms with Crippen LogP contribution in [0.15, 0.2) is 84.0 Å². The highest BCUT2D eigenvalue weighted by Crippen LogP contribution is 2.19. The van der Waals surface area contributed by atoms with Crippen LogP contribution in [0.5, 0.6) is 0 Å². The van der Waals surface area contributed by atoms with E-state index >= 15 is 0 Å². The van der Waals surface area contributed by atoms with E-state index in [1.165, 1.54) is 28.9 Å². The number of anilines is 2. The average Bonchev–Trinajstić information content (AvgIpc) is 3.27. The van der Waals surface area contributed by atoms with Gasteiger partial charge in [0, 0.05) is 27.3 Å². The highest BCUT2D eigenvalue weighted by atomic mass is 16.2. The number of carbonyl (C=O) groups is 2. The van der Waals surface area contributed by atoms with Crippen molar-refractivity contribution in [2.75, 3.05) is 10.6 Å². The van der Waals surface area contributed by atoms with E-state index in [0.717, 1.165) is 0 Å². The van der Waals surface area contributed by atoms with Crippen molar-refractivity contribution in [2.24, 2.45) is 5.11 Å². The molecule has 0 spiro atoms. The normalized spacial score (nSPS) is 9.97. The second-order valence-corrected chi connectivity index (χ2v) is 6.87. The zero-order chi connectivity index (χ0) is 23.9. The number of aromatic nitrogens is 3. The molecule has 0 aliphatic carbocycles. The molecule has 0 aliphatic rings. The van der Waals surface area contributed by atoms with Gasteiger partial charge in [-0.1, -0.05) is 41.4 Å². The summed E-state index contributed by atoms with van der Waals surface area (Å²) in [5.74, 6) is 1.71. The van der Waals surface area contributed by atoms with Crippen molar-refractivity contribution in [1.29, 1.82) is 0 Å². The van der Waals surface area contributed by atoms with Crippen LogP contribution in [0, 0.1) is 12.3 Å². The summed E-state index contributed by atoms with van der Waals surface area (Å²) in [5.41, 5.74) is 10.9. The summed E-state index contributed by atoms with van der Waals surface area (Å²) < 4.78 is 1.41. The Morgan fingerprint density at radius 3 is 2.15 bits per heavy atom. The molecule has 0 saturated carbocycles. The first kappa shape index (κ1) is 21.8. The highest BCUT2D eigenvalue weighted by Gasteiger charge is 2.17. The van der Waals surface area contributed by atoms with Gasteiger partial charge in [0.2, 0.25) is 5.95 Å². The van der Waals surface area contributed by atoms with Crippen LogP contribution in [0.3, 0.4) is 0 Å². The van der Waals surface area contributed by atoms with Gasteiger partial charge in [0.05, 0.1) is 5.69 Å². The number of carbonyl (C=O) groups excluding carboxylic acids is 2. The number of hydrogen-bond donors (Lipinski definition) is 2. The molecule has 4 rings (SSSR count). The third-order valence-electron chi connectivity index (χ3n) is 4.66. The fourth-order valence-electron chi connectivity index (χ4n) is 2.99. The zero-order valence-electron chi connectivity index (χ0n) is 17.6. The van der Waals surface area contributed by atoms with Gasteiger partial charge in [-0.25, -0.2) is 0 Å². The van der Waals surface area contributed by atoms with Crippen LogP contribution in [0.25, 0.3) is 16.1 Å². The van der Waals surface area contributed by atoms with Gasteiger partial charge in [-0.15, -0.1) is 11.5 Å². The Balaban J connectivity index is 1.60. The fraction of sp³-hybridized carbons (Fsp3) is 0. The Labute approximate surface area is 193 Å². The Morgan fingerprint density at radius 2 is 1.53 bits per heavy atom. The number of hydrogen-bond acceptors (Lipinski definition) is 5. The maximum atomic E-state index is 12.8. The maximum Gasteiger partial charge on any atom is 0.258 e. The van der Waals surface area contributed by atoms with Crippen molar-refractivity contribution < 1.29 is 9.59 Å². The first-order valence-corrected chi connectivity index (χ1v) is 9.94. The molecule has 0 saturated heterocycles. The van der Waals surface area contributed by atoms with Crippen molar-refractivity contribution in [3.8, 4) is 18.0 Å². The minimum Gasteiger partial charge on any atom is -0.290 e. The number of rotatable bonds is 6. The van der Waals surface area contributed by atoms with E-state index in [4.69, 9.17) is 12.0 Å². The van der Waals surface area contributed by atoms with Crippen LogP contribution in [0.1, 0.15) is 26.3 Å². The lowest BCUT2D eigenvalue weighted by molar-refractivity contribution is 0.101. The summed E-state index contributed by atoms with van der Waals surface area (Å²) in [4.78, 5) is 32.4. The molecule has 0 radical (unpaired) electrons. The van der Waals surface area contributed by atoms with Gasteiger partial charge in [-0.05, 0) is 54.1 Å². The van der Waals surface area contributed by atoms with Gasteiger partial charge in [0.15, 0.2) is 0 Å². The van der Waals surface area contributed by atoms with E-state index in [1.54, 1.807) is 36.4 Å². The fourth-order valence-corrected chi connectivity index (χ4v) is 2.99. The van der Waals surface area contributed by atoms with E-state index in [0.29, 0.717) is 28.1 Å². The summed E-state index contributed by atoms with van der Waals surface area (Å²) in [5, 5.41) is 13.1. The minimum absolute atomic E-state index is 0.00360. The molecule has 1 aromatic heterocycles. The van der Waals surface area contributed by atoms with Crippen LogP contribution in [0.2, 0.25) is 0 Å². The Hall–Kier alpha value is -5.39. The van der Waals surface area contributed by atoms with Crippen LogP contribution in [-0.4, -0.2) is 26.6 Å². The van der Waals surface area contributed by atoms with E-state index in [2.05, 4.69) is 36.7 Å². The predicted octanol–water partition coefficient (Wildman–Crippen LogP) is 4.70. The number of nitrogens with zero attached hydrogens (tertiary/aromatic N) is 6. The number of terminal acetylenes is 1. The molecule has 0 atom stereocenters. The molecular formula is C24H16N8O2. The molecular weight excluding hydrogens is 432 g/mol. The first-order valence-electron chi connectivity index (χ1n) is 9.94. The van der Waals surface area contributed by atoms with Gasteiger partial charge >= 0.3 is 0 Å². The summed E-state index contributed by atoms with van der Waals surface area (Å²) in [6.45, 7) is 0. The standard InChI is InChI=1S/C24H16N8O2/c1-2-16-8-10-17(11-9-16)21(33)26-23-28-24(32(30-23)20-6-4-3-5-7-20)27-22(34)18-12-14-19(15-13-18)29-31-25/h1,3-15H,(H2,26,27,28,30,33,34). The van der Waals surface area contributed by atoms with Gasteiger partial charge in [-0.2, -0.15) is 9.67 Å². The number of benzene rings is 3. The average molecular weight is 448 g/mol. The van der Waals surface area contributed by atoms with Crippen molar-refractivity contribution >= 4 is 29.4 Å². The van der Waals surface area contributed by atoms with Crippen molar-refractivity contribution in [1.82, 2.24) is 14.8 Å². The number of nitrogens with one attached hydrogen (secondary N) is 2. The summed E-state index contributed by atoms with van der Waals surface area (Å²) in [6.07, 6.45) is 5.35. The van der Waals surface area contributed by atoms with Crippen LogP contribution >= 0.6 is 0 Å². The van der Waals surface area contributed by atoms with Gasteiger partial charge < -0.3 is 0 Å². The molecule has 10 nitrogen and oxygen atoms in total. The third kappa shape index (κ3) is 4.91. The molecule has 0 fully saturated rings. The molecule has 0 aliphatic heterocycles. The van der Waals surface area contributed by atoms with Crippen molar-refractivity contribution in [3.05, 3.63) is 106 Å². The second kappa shape index (κ2) is 9.82. The lowest BCUT2D eigenvalue weighted by Gasteiger charge is -2.07. The minimum atomic E-state index is -0.459. The van der Waals surface area contributed by atoms with Crippen LogP contribution < -0.4 is 10.6 Å². The molecule has 2 amide bonds. The van der Waals surface area contributed by atoms with Gasteiger partial charge in [0.25, 0.3) is 17.8 Å². The molecule has 3 aromatic carbocycles. The molecule has 0 unspecified atom stereocenters. The Morgan fingerprint density at radius 1 is 0.912 bits per heavy atom. The largest absolute Gasteiger partial charge is 0.290 e. The monoisotopic (exact) mass is 448 g/mol. The quantitative estimate of drug-likeness (QED) is 0.191. The first-order chi connectivity index (χ1) is 16.6.